The number of anilines is 2. The van der Waals surface area contributed by atoms with Gasteiger partial charge in [-0.2, -0.15) is 0 Å². The summed E-state index contributed by atoms with van der Waals surface area (Å²) < 4.78 is 42.6. The molecule has 166 valence electrons. The molecule has 0 spiro atoms. The van der Waals surface area contributed by atoms with Crippen molar-refractivity contribution in [3.63, 3.8) is 0 Å². The zero-order chi connectivity index (χ0) is 22.8. The van der Waals surface area contributed by atoms with Crippen LogP contribution in [0.25, 0.3) is 11.3 Å². The second-order valence-electron chi connectivity index (χ2n) is 7.44. The van der Waals surface area contributed by atoms with Crippen LogP contribution in [0.15, 0.2) is 48.8 Å². The molecule has 4 rings (SSSR count). The van der Waals surface area contributed by atoms with Gasteiger partial charge in [0, 0.05) is 25.3 Å². The molecule has 1 amide bonds. The number of pyridine rings is 2. The summed E-state index contributed by atoms with van der Waals surface area (Å²) in [6.45, 7) is 0.896. The molecule has 3 aromatic rings. The summed E-state index contributed by atoms with van der Waals surface area (Å²) in [4.78, 5) is 22.6. The number of hydrogen-bond donors (Lipinski definition) is 3. The predicted molar refractivity (Wildman–Crippen MR) is 113 cm³/mol. The molecule has 2 aromatic heterocycles. The van der Waals surface area contributed by atoms with Crippen LogP contribution in [0.4, 0.5) is 24.5 Å². The van der Waals surface area contributed by atoms with Crippen molar-refractivity contribution in [1.29, 1.82) is 0 Å². The van der Waals surface area contributed by atoms with Crippen LogP contribution >= 0.6 is 0 Å². The van der Waals surface area contributed by atoms with Gasteiger partial charge in [-0.15, -0.1) is 0 Å². The fourth-order valence-electron chi connectivity index (χ4n) is 3.60. The zero-order valence-electron chi connectivity index (χ0n) is 16.8. The minimum atomic E-state index is -0.993. The summed E-state index contributed by atoms with van der Waals surface area (Å²) in [7, 11) is 0. The molecule has 0 bridgehead atoms. The highest BCUT2D eigenvalue weighted by Crippen LogP contribution is 2.29. The van der Waals surface area contributed by atoms with Gasteiger partial charge >= 0.3 is 0 Å². The molecular formula is C22H20F3N5O2. The van der Waals surface area contributed by atoms with Crippen LogP contribution in [-0.2, 0) is 0 Å². The normalized spacial score (nSPS) is 18.5. The van der Waals surface area contributed by atoms with E-state index in [9.17, 15) is 23.1 Å². The van der Waals surface area contributed by atoms with E-state index in [0.717, 1.165) is 30.3 Å². The Kier molecular flexibility index (Phi) is 6.06. The average molecular weight is 443 g/mol. The maximum Gasteiger partial charge on any atom is 0.274 e. The lowest BCUT2D eigenvalue weighted by atomic mass is 10.0. The van der Waals surface area contributed by atoms with Gasteiger partial charge in [-0.3, -0.25) is 9.78 Å². The fourth-order valence-corrected chi connectivity index (χ4v) is 3.60. The van der Waals surface area contributed by atoms with Gasteiger partial charge in [0.2, 0.25) is 0 Å². The molecule has 0 aliphatic carbocycles. The Bertz CT molecular complexity index is 1140. The van der Waals surface area contributed by atoms with Crippen LogP contribution in [0.3, 0.4) is 0 Å². The van der Waals surface area contributed by atoms with Crippen molar-refractivity contribution in [1.82, 2.24) is 9.97 Å². The van der Waals surface area contributed by atoms with E-state index in [4.69, 9.17) is 5.73 Å². The van der Waals surface area contributed by atoms with E-state index in [-0.39, 0.29) is 5.69 Å². The third-order valence-electron chi connectivity index (χ3n) is 5.29. The van der Waals surface area contributed by atoms with E-state index < -0.39 is 46.8 Å². The van der Waals surface area contributed by atoms with Crippen LogP contribution < -0.4 is 16.0 Å². The predicted octanol–water partition coefficient (Wildman–Crippen LogP) is 2.71. The van der Waals surface area contributed by atoms with Gasteiger partial charge in [-0.05, 0) is 36.8 Å². The number of aliphatic hydroxyl groups excluding tert-OH is 1. The first-order valence-electron chi connectivity index (χ1n) is 9.90. The molecule has 3 heterocycles. The average Bonchev–Trinajstić information content (AvgIpc) is 2.77. The van der Waals surface area contributed by atoms with E-state index in [1.165, 1.54) is 6.20 Å². The second kappa shape index (κ2) is 8.93. The summed E-state index contributed by atoms with van der Waals surface area (Å²) in [5, 5.41) is 12.5. The lowest BCUT2D eigenvalue weighted by Gasteiger charge is -2.36. The van der Waals surface area contributed by atoms with Crippen molar-refractivity contribution >= 4 is 17.3 Å². The summed E-state index contributed by atoms with van der Waals surface area (Å²) in [5.41, 5.74) is 5.46. The lowest BCUT2D eigenvalue weighted by molar-refractivity contribution is 0.102. The molecule has 4 N–H and O–H groups in total. The fraction of sp³-hybridized carbons (Fsp3) is 0.227. The smallest absolute Gasteiger partial charge is 0.274 e. The minimum absolute atomic E-state index is 0.232. The first-order valence-corrected chi connectivity index (χ1v) is 9.90. The monoisotopic (exact) mass is 443 g/mol. The Labute approximate surface area is 181 Å². The third kappa shape index (κ3) is 4.27. The SMILES string of the molecule is NC1CN(c2ccncc2NC(=O)c2ccc(F)c(-c3c(F)cccc3F)n2)CCC1O. The van der Waals surface area contributed by atoms with Crippen molar-refractivity contribution in [3.05, 3.63) is 71.9 Å². The number of carbonyl (C=O) groups is 1. The third-order valence-corrected chi connectivity index (χ3v) is 5.29. The quantitative estimate of drug-likeness (QED) is 0.573. The van der Waals surface area contributed by atoms with Gasteiger partial charge in [0.1, 0.15) is 28.8 Å². The number of aliphatic hydroxyl groups is 1. The Morgan fingerprint density at radius 3 is 2.59 bits per heavy atom. The Morgan fingerprint density at radius 1 is 1.12 bits per heavy atom. The molecule has 0 saturated carbocycles. The highest BCUT2D eigenvalue weighted by Gasteiger charge is 2.27. The molecule has 1 saturated heterocycles. The number of amides is 1. The summed E-state index contributed by atoms with van der Waals surface area (Å²) in [6.07, 6.45) is 2.85. The van der Waals surface area contributed by atoms with E-state index in [1.54, 1.807) is 12.3 Å². The molecule has 1 aromatic carbocycles. The highest BCUT2D eigenvalue weighted by molar-refractivity contribution is 6.04. The molecule has 10 heteroatoms. The van der Waals surface area contributed by atoms with E-state index in [0.29, 0.717) is 30.9 Å². The van der Waals surface area contributed by atoms with Crippen LogP contribution in [0.5, 0.6) is 0 Å². The number of nitrogens with one attached hydrogen (secondary N) is 1. The van der Waals surface area contributed by atoms with Crippen molar-refractivity contribution in [2.45, 2.75) is 18.6 Å². The van der Waals surface area contributed by atoms with Crippen LogP contribution in [0.2, 0.25) is 0 Å². The number of benzene rings is 1. The number of aromatic nitrogens is 2. The van der Waals surface area contributed by atoms with Gasteiger partial charge in [0.05, 0.1) is 29.2 Å². The number of hydrogen-bond acceptors (Lipinski definition) is 6. The first-order chi connectivity index (χ1) is 15.3. The Morgan fingerprint density at radius 2 is 1.88 bits per heavy atom. The summed E-state index contributed by atoms with van der Waals surface area (Å²) in [6, 6.07) is 6.41. The molecule has 1 aliphatic heterocycles. The van der Waals surface area contributed by atoms with Crippen LogP contribution in [0, 0.1) is 17.5 Å². The lowest BCUT2D eigenvalue weighted by Crippen LogP contribution is -2.51. The number of piperidine rings is 1. The molecule has 0 radical (unpaired) electrons. The molecule has 2 unspecified atom stereocenters. The molecule has 7 nitrogen and oxygen atoms in total. The number of rotatable bonds is 4. The van der Waals surface area contributed by atoms with Crippen molar-refractivity contribution in [3.8, 4) is 11.3 Å². The van der Waals surface area contributed by atoms with Crippen molar-refractivity contribution in [2.75, 3.05) is 23.3 Å². The Balaban J connectivity index is 1.62. The van der Waals surface area contributed by atoms with Gasteiger partial charge in [0.15, 0.2) is 0 Å². The minimum Gasteiger partial charge on any atom is -0.391 e. The van der Waals surface area contributed by atoms with Crippen molar-refractivity contribution in [2.24, 2.45) is 5.73 Å². The van der Waals surface area contributed by atoms with E-state index in [1.807, 2.05) is 4.90 Å². The van der Waals surface area contributed by atoms with Gasteiger partial charge in [-0.25, -0.2) is 18.2 Å². The van der Waals surface area contributed by atoms with Crippen LogP contribution in [-0.4, -0.2) is 46.2 Å². The van der Waals surface area contributed by atoms with Gasteiger partial charge in [-0.1, -0.05) is 6.07 Å². The summed E-state index contributed by atoms with van der Waals surface area (Å²) >= 11 is 0. The van der Waals surface area contributed by atoms with Crippen LogP contribution in [0.1, 0.15) is 16.9 Å². The second-order valence-corrected chi connectivity index (χ2v) is 7.44. The first kappa shape index (κ1) is 21.7. The molecule has 2 atom stereocenters. The maximum atomic E-state index is 14.3. The van der Waals surface area contributed by atoms with E-state index in [2.05, 4.69) is 15.3 Å². The topological polar surface area (TPSA) is 104 Å². The molecule has 1 fully saturated rings. The Hall–Kier alpha value is -3.50. The molecule has 1 aliphatic rings. The standard InChI is InChI=1S/C22H20F3N5O2/c23-12-2-1-3-13(24)20(12)21-14(25)4-5-16(28-21)22(32)29-17-10-27-8-6-18(17)30-9-7-19(31)15(26)11-30/h1-6,8,10,15,19,31H,7,9,11,26H2,(H,29,32). The number of carbonyl (C=O) groups excluding carboxylic acids is 1. The summed E-state index contributed by atoms with van der Waals surface area (Å²) in [5.74, 6) is -3.66. The van der Waals surface area contributed by atoms with Gasteiger partial charge in [0.25, 0.3) is 5.91 Å². The van der Waals surface area contributed by atoms with E-state index >= 15 is 0 Å². The molecular weight excluding hydrogens is 423 g/mol. The number of nitrogens with zero attached hydrogens (tertiary/aromatic N) is 3. The number of halogens is 3. The number of nitrogens with two attached hydrogens (primary N) is 1. The maximum absolute atomic E-state index is 14.3. The molecule has 32 heavy (non-hydrogen) atoms. The van der Waals surface area contributed by atoms with Gasteiger partial charge < -0.3 is 21.1 Å². The highest BCUT2D eigenvalue weighted by atomic mass is 19.1. The largest absolute Gasteiger partial charge is 0.391 e. The zero-order valence-corrected chi connectivity index (χ0v) is 16.8. The van der Waals surface area contributed by atoms with Crippen molar-refractivity contribution < 1.29 is 23.1 Å².